The number of para-hydroxylation sites is 1. The van der Waals surface area contributed by atoms with Crippen LogP contribution in [0.1, 0.15) is 32.0 Å². The lowest BCUT2D eigenvalue weighted by Gasteiger charge is -2.18. The molecule has 0 radical (unpaired) electrons. The maximum atomic E-state index is 12.2. The number of nitrogens with one attached hydrogen (secondary N) is 1. The summed E-state index contributed by atoms with van der Waals surface area (Å²) in [6.07, 6.45) is 0.986. The van der Waals surface area contributed by atoms with E-state index in [0.29, 0.717) is 12.4 Å². The second-order valence-corrected chi connectivity index (χ2v) is 6.67. The average molecular weight is 299 g/mol. The van der Waals surface area contributed by atoms with Gasteiger partial charge in [-0.15, -0.1) is 0 Å². The van der Waals surface area contributed by atoms with E-state index in [1.165, 1.54) is 5.56 Å². The van der Waals surface area contributed by atoms with Gasteiger partial charge in [0, 0.05) is 23.7 Å². The molecule has 1 N–H and O–H groups in total. The van der Waals surface area contributed by atoms with Gasteiger partial charge < -0.3 is 9.42 Å². The molecule has 5 heteroatoms. The number of hydrogen-bond acceptors (Lipinski definition) is 4. The van der Waals surface area contributed by atoms with Crippen LogP contribution in [0, 0.1) is 0 Å². The van der Waals surface area contributed by atoms with E-state index >= 15 is 0 Å². The normalized spacial score (nSPS) is 14.0. The first-order chi connectivity index (χ1) is 10.4. The van der Waals surface area contributed by atoms with Crippen LogP contribution in [0.2, 0.25) is 0 Å². The second-order valence-electron chi connectivity index (χ2n) is 6.67. The molecular weight excluding hydrogens is 278 g/mol. The minimum absolute atomic E-state index is 0.0895. The monoisotopic (exact) mass is 299 g/mol. The van der Waals surface area contributed by atoms with E-state index in [4.69, 9.17) is 4.52 Å². The van der Waals surface area contributed by atoms with Gasteiger partial charge in [-0.25, -0.2) is 0 Å². The molecule has 0 saturated carbocycles. The van der Waals surface area contributed by atoms with E-state index in [1.807, 2.05) is 12.1 Å². The van der Waals surface area contributed by atoms with Crippen molar-refractivity contribution in [3.63, 3.8) is 0 Å². The molecule has 0 atom stereocenters. The summed E-state index contributed by atoms with van der Waals surface area (Å²) in [4.78, 5) is 14.3. The Morgan fingerprint density at radius 1 is 1.36 bits per heavy atom. The zero-order valence-corrected chi connectivity index (χ0v) is 13.2. The van der Waals surface area contributed by atoms with Crippen molar-refractivity contribution in [1.82, 2.24) is 5.16 Å². The number of benzene rings is 1. The average Bonchev–Trinajstić information content (AvgIpc) is 3.06. The largest absolute Gasteiger partial charge is 0.362 e. The Morgan fingerprint density at radius 3 is 2.86 bits per heavy atom. The summed E-state index contributed by atoms with van der Waals surface area (Å²) in [6.45, 7) is 7.35. The van der Waals surface area contributed by atoms with Crippen LogP contribution in [0.4, 0.5) is 11.6 Å². The Kier molecular flexibility index (Phi) is 3.64. The fourth-order valence-corrected chi connectivity index (χ4v) is 2.61. The number of rotatable bonds is 3. The molecule has 3 rings (SSSR count). The number of anilines is 2. The Labute approximate surface area is 130 Å². The molecule has 0 bridgehead atoms. The van der Waals surface area contributed by atoms with Gasteiger partial charge in [-0.1, -0.05) is 44.1 Å². The fraction of sp³-hybridized carbons (Fsp3) is 0.412. The zero-order valence-electron chi connectivity index (χ0n) is 13.2. The molecule has 0 spiro atoms. The predicted octanol–water partition coefficient (Wildman–Crippen LogP) is 2.97. The number of hydrogen-bond donors (Lipinski definition) is 1. The highest BCUT2D eigenvalue weighted by atomic mass is 16.5. The smallest absolute Gasteiger partial charge is 0.246 e. The first-order valence-corrected chi connectivity index (χ1v) is 7.53. The van der Waals surface area contributed by atoms with E-state index in [1.54, 1.807) is 6.07 Å². The van der Waals surface area contributed by atoms with Crippen molar-refractivity contribution in [2.75, 3.05) is 23.3 Å². The number of nitrogens with zero attached hydrogens (tertiary/aromatic N) is 2. The standard InChI is InChI=1S/C17H21N3O2/c1-17(2,3)14-10-16(22-19-14)18-15(21)11-20-9-8-12-6-4-5-7-13(12)20/h4-7,10H,8-9,11H2,1-3H3,(H,18,21). The number of fused-ring (bicyclic) bond motifs is 1. The number of carbonyl (C=O) groups excluding carboxylic acids is 1. The molecule has 2 aromatic rings. The van der Waals surface area contributed by atoms with E-state index in [2.05, 4.69) is 48.3 Å². The quantitative estimate of drug-likeness (QED) is 0.946. The van der Waals surface area contributed by atoms with E-state index < -0.39 is 0 Å². The van der Waals surface area contributed by atoms with Gasteiger partial charge >= 0.3 is 0 Å². The lowest BCUT2D eigenvalue weighted by Crippen LogP contribution is -2.31. The third-order valence-electron chi connectivity index (χ3n) is 3.86. The van der Waals surface area contributed by atoms with Crippen molar-refractivity contribution < 1.29 is 9.32 Å². The van der Waals surface area contributed by atoms with Crippen molar-refractivity contribution in [2.45, 2.75) is 32.6 Å². The Morgan fingerprint density at radius 2 is 2.14 bits per heavy atom. The van der Waals surface area contributed by atoms with E-state index in [0.717, 1.165) is 24.3 Å². The third-order valence-corrected chi connectivity index (χ3v) is 3.86. The topological polar surface area (TPSA) is 58.4 Å². The minimum atomic E-state index is -0.0969. The summed E-state index contributed by atoms with van der Waals surface area (Å²) in [7, 11) is 0. The maximum absolute atomic E-state index is 12.2. The lowest BCUT2D eigenvalue weighted by atomic mass is 9.92. The number of carbonyl (C=O) groups is 1. The van der Waals surface area contributed by atoms with Crippen LogP contribution in [-0.2, 0) is 16.6 Å². The molecule has 1 aromatic heterocycles. The summed E-state index contributed by atoms with van der Waals surface area (Å²) in [5, 5.41) is 6.79. The van der Waals surface area contributed by atoms with Gasteiger partial charge in [0.05, 0.1) is 12.2 Å². The van der Waals surface area contributed by atoms with E-state index in [-0.39, 0.29) is 11.3 Å². The fourth-order valence-electron chi connectivity index (χ4n) is 2.61. The summed E-state index contributed by atoms with van der Waals surface area (Å²) < 4.78 is 5.20. The molecule has 116 valence electrons. The molecule has 1 aromatic carbocycles. The van der Waals surface area contributed by atoms with Crippen molar-refractivity contribution in [1.29, 1.82) is 0 Å². The Bertz CT molecular complexity index is 685. The first-order valence-electron chi connectivity index (χ1n) is 7.53. The highest BCUT2D eigenvalue weighted by Crippen LogP contribution is 2.27. The van der Waals surface area contributed by atoms with Crippen LogP contribution in [0.15, 0.2) is 34.9 Å². The summed E-state index contributed by atoms with van der Waals surface area (Å²) >= 11 is 0. The van der Waals surface area contributed by atoms with Gasteiger partial charge in [-0.2, -0.15) is 0 Å². The highest BCUT2D eigenvalue weighted by Gasteiger charge is 2.22. The number of amides is 1. The minimum Gasteiger partial charge on any atom is -0.362 e. The molecule has 0 saturated heterocycles. The Hall–Kier alpha value is -2.30. The summed E-state index contributed by atoms with van der Waals surface area (Å²) in [5.41, 5.74) is 3.17. The molecule has 0 aliphatic carbocycles. The van der Waals surface area contributed by atoms with Crippen LogP contribution in [-0.4, -0.2) is 24.2 Å². The molecule has 1 aliphatic rings. The van der Waals surface area contributed by atoms with Gasteiger partial charge in [0.25, 0.3) is 0 Å². The summed E-state index contributed by atoms with van der Waals surface area (Å²) in [5.74, 6) is 0.315. The van der Waals surface area contributed by atoms with Crippen molar-refractivity contribution >= 4 is 17.5 Å². The molecule has 1 aliphatic heterocycles. The van der Waals surface area contributed by atoms with Crippen LogP contribution in [0.5, 0.6) is 0 Å². The van der Waals surface area contributed by atoms with Gasteiger partial charge in [-0.3, -0.25) is 10.1 Å². The zero-order chi connectivity index (χ0) is 15.7. The molecular formula is C17H21N3O2. The van der Waals surface area contributed by atoms with Gasteiger partial charge in [-0.05, 0) is 18.1 Å². The molecule has 0 fully saturated rings. The summed E-state index contributed by atoms with van der Waals surface area (Å²) in [6, 6.07) is 9.99. The van der Waals surface area contributed by atoms with Crippen molar-refractivity contribution in [3.05, 3.63) is 41.6 Å². The second kappa shape index (κ2) is 5.48. The number of aromatic nitrogens is 1. The van der Waals surface area contributed by atoms with Crippen LogP contribution < -0.4 is 10.2 Å². The maximum Gasteiger partial charge on any atom is 0.246 e. The Balaban J connectivity index is 1.63. The molecule has 5 nitrogen and oxygen atoms in total. The van der Waals surface area contributed by atoms with Crippen molar-refractivity contribution in [2.24, 2.45) is 0 Å². The van der Waals surface area contributed by atoms with Gasteiger partial charge in [0.15, 0.2) is 0 Å². The van der Waals surface area contributed by atoms with Crippen LogP contribution in [0.25, 0.3) is 0 Å². The van der Waals surface area contributed by atoms with Crippen LogP contribution in [0.3, 0.4) is 0 Å². The molecule has 22 heavy (non-hydrogen) atoms. The van der Waals surface area contributed by atoms with Gasteiger partial charge in [0.1, 0.15) is 0 Å². The van der Waals surface area contributed by atoms with Crippen LogP contribution >= 0.6 is 0 Å². The molecule has 0 unspecified atom stereocenters. The van der Waals surface area contributed by atoms with E-state index in [9.17, 15) is 4.79 Å². The van der Waals surface area contributed by atoms with Crippen molar-refractivity contribution in [3.8, 4) is 0 Å². The molecule has 2 heterocycles. The third kappa shape index (κ3) is 2.98. The first kappa shape index (κ1) is 14.6. The molecule has 1 amide bonds. The highest BCUT2D eigenvalue weighted by molar-refractivity contribution is 5.93. The predicted molar refractivity (Wildman–Crippen MR) is 86.2 cm³/mol. The van der Waals surface area contributed by atoms with Gasteiger partial charge in [0.2, 0.25) is 11.8 Å². The SMILES string of the molecule is CC(C)(C)c1cc(NC(=O)CN2CCc3ccccc32)on1. The lowest BCUT2D eigenvalue weighted by molar-refractivity contribution is -0.115.